The quantitative estimate of drug-likeness (QED) is 0.535. The van der Waals surface area contributed by atoms with Gasteiger partial charge in [0.25, 0.3) is 5.91 Å². The first-order valence-electron chi connectivity index (χ1n) is 8.41. The van der Waals surface area contributed by atoms with Gasteiger partial charge in [0.1, 0.15) is 5.01 Å². The molecular weight excluding hydrogens is 434 g/mol. The van der Waals surface area contributed by atoms with E-state index in [0.717, 1.165) is 11.1 Å². The van der Waals surface area contributed by atoms with Crippen LogP contribution >= 0.6 is 34.3 Å². The molecule has 10 heteroatoms. The fourth-order valence-corrected chi connectivity index (χ4v) is 3.93. The molecule has 0 saturated carbocycles. The number of nitrogens with zero attached hydrogens (tertiary/aromatic N) is 1. The second-order valence-electron chi connectivity index (χ2n) is 5.86. The summed E-state index contributed by atoms with van der Waals surface area (Å²) >= 11 is 8.86. The molecule has 2 aromatic heterocycles. The number of benzene rings is 1. The predicted octanol–water partition coefficient (Wildman–Crippen LogP) is 3.75. The number of hydrogen-bond acceptors (Lipinski definition) is 7. The van der Waals surface area contributed by atoms with Gasteiger partial charge in [-0.3, -0.25) is 9.59 Å². The SMILES string of the molecule is Cc1c(Cl)cccc1NC(=O)CNC(=O)COC(=O)c1csc(-c2ccsc2)n1. The average molecular weight is 450 g/mol. The van der Waals surface area contributed by atoms with Crippen LogP contribution in [0.15, 0.2) is 40.4 Å². The molecule has 150 valence electrons. The van der Waals surface area contributed by atoms with Gasteiger partial charge in [0.2, 0.25) is 5.91 Å². The molecule has 3 rings (SSSR count). The van der Waals surface area contributed by atoms with Crippen LogP contribution < -0.4 is 10.6 Å². The molecule has 2 heterocycles. The van der Waals surface area contributed by atoms with Crippen LogP contribution in [0.4, 0.5) is 5.69 Å². The lowest BCUT2D eigenvalue weighted by atomic mass is 10.2. The predicted molar refractivity (Wildman–Crippen MR) is 114 cm³/mol. The lowest BCUT2D eigenvalue weighted by Gasteiger charge is -2.10. The van der Waals surface area contributed by atoms with E-state index in [4.69, 9.17) is 16.3 Å². The number of rotatable bonds is 7. The van der Waals surface area contributed by atoms with Crippen LogP contribution in [0.5, 0.6) is 0 Å². The third kappa shape index (κ3) is 5.63. The van der Waals surface area contributed by atoms with Gasteiger partial charge in [-0.05, 0) is 36.1 Å². The third-order valence-electron chi connectivity index (χ3n) is 3.80. The van der Waals surface area contributed by atoms with Crippen molar-refractivity contribution in [2.24, 2.45) is 0 Å². The fourth-order valence-electron chi connectivity index (χ4n) is 2.26. The van der Waals surface area contributed by atoms with E-state index < -0.39 is 24.4 Å². The van der Waals surface area contributed by atoms with Crippen molar-refractivity contribution in [1.29, 1.82) is 0 Å². The zero-order valence-corrected chi connectivity index (χ0v) is 17.6. The van der Waals surface area contributed by atoms with E-state index in [1.807, 2.05) is 16.8 Å². The summed E-state index contributed by atoms with van der Waals surface area (Å²) in [5, 5.41) is 11.7. The second kappa shape index (κ2) is 9.64. The van der Waals surface area contributed by atoms with Gasteiger partial charge < -0.3 is 15.4 Å². The fraction of sp³-hybridized carbons (Fsp3) is 0.158. The minimum Gasteiger partial charge on any atom is -0.451 e. The molecule has 0 unspecified atom stereocenters. The van der Waals surface area contributed by atoms with E-state index in [1.54, 1.807) is 30.5 Å². The van der Waals surface area contributed by atoms with Crippen LogP contribution in [-0.2, 0) is 14.3 Å². The van der Waals surface area contributed by atoms with Crippen LogP contribution in [0, 0.1) is 6.92 Å². The molecule has 29 heavy (non-hydrogen) atoms. The van der Waals surface area contributed by atoms with Gasteiger partial charge >= 0.3 is 5.97 Å². The van der Waals surface area contributed by atoms with E-state index in [9.17, 15) is 14.4 Å². The molecule has 0 saturated heterocycles. The van der Waals surface area contributed by atoms with Gasteiger partial charge in [0.15, 0.2) is 12.3 Å². The lowest BCUT2D eigenvalue weighted by Crippen LogP contribution is -2.35. The van der Waals surface area contributed by atoms with Crippen LogP contribution in [-0.4, -0.2) is 35.9 Å². The number of hydrogen-bond donors (Lipinski definition) is 2. The topological polar surface area (TPSA) is 97.4 Å². The highest BCUT2D eigenvalue weighted by Crippen LogP contribution is 2.26. The Morgan fingerprint density at radius 2 is 2.00 bits per heavy atom. The zero-order chi connectivity index (χ0) is 20.8. The molecule has 0 atom stereocenters. The summed E-state index contributed by atoms with van der Waals surface area (Å²) in [5.41, 5.74) is 2.36. The lowest BCUT2D eigenvalue weighted by molar-refractivity contribution is -0.126. The van der Waals surface area contributed by atoms with Crippen LogP contribution in [0.3, 0.4) is 0 Å². The van der Waals surface area contributed by atoms with Gasteiger partial charge in [0, 0.05) is 27.0 Å². The van der Waals surface area contributed by atoms with Crippen molar-refractivity contribution >= 4 is 57.7 Å². The number of nitrogens with one attached hydrogen (secondary N) is 2. The average Bonchev–Trinajstić information content (AvgIpc) is 3.39. The van der Waals surface area contributed by atoms with Crippen molar-refractivity contribution in [2.75, 3.05) is 18.5 Å². The molecule has 1 aromatic carbocycles. The van der Waals surface area contributed by atoms with E-state index >= 15 is 0 Å². The monoisotopic (exact) mass is 449 g/mol. The van der Waals surface area contributed by atoms with E-state index in [0.29, 0.717) is 15.7 Å². The Morgan fingerprint density at radius 3 is 2.76 bits per heavy atom. The largest absolute Gasteiger partial charge is 0.451 e. The van der Waals surface area contributed by atoms with Crippen LogP contribution in [0.25, 0.3) is 10.6 Å². The number of halogens is 1. The molecule has 3 aromatic rings. The third-order valence-corrected chi connectivity index (χ3v) is 5.79. The molecule has 0 spiro atoms. The maximum Gasteiger partial charge on any atom is 0.358 e. The van der Waals surface area contributed by atoms with Crippen molar-refractivity contribution in [1.82, 2.24) is 10.3 Å². The van der Waals surface area contributed by atoms with E-state index in [2.05, 4.69) is 15.6 Å². The number of thiazole rings is 1. The Labute approximate surface area is 179 Å². The Kier molecular flexibility index (Phi) is 6.97. The zero-order valence-electron chi connectivity index (χ0n) is 15.2. The molecule has 2 amide bonds. The number of carbonyl (C=O) groups excluding carboxylic acids is 3. The van der Waals surface area contributed by atoms with Gasteiger partial charge in [-0.15, -0.1) is 11.3 Å². The Hall–Kier alpha value is -2.75. The maximum absolute atomic E-state index is 12.0. The summed E-state index contributed by atoms with van der Waals surface area (Å²) in [6.45, 7) is 1.01. The Balaban J connectivity index is 1.43. The van der Waals surface area contributed by atoms with Crippen molar-refractivity contribution < 1.29 is 19.1 Å². The Bertz CT molecular complexity index is 1030. The molecule has 7 nitrogen and oxygen atoms in total. The number of esters is 1. The van der Waals surface area contributed by atoms with Gasteiger partial charge in [-0.25, -0.2) is 9.78 Å². The van der Waals surface area contributed by atoms with Gasteiger partial charge in [0.05, 0.1) is 6.54 Å². The summed E-state index contributed by atoms with van der Waals surface area (Å²) < 4.78 is 4.95. The molecular formula is C19H16ClN3O4S2. The van der Waals surface area contributed by atoms with E-state index in [-0.39, 0.29) is 12.2 Å². The van der Waals surface area contributed by atoms with Crippen LogP contribution in [0.2, 0.25) is 5.02 Å². The number of amides is 2. The highest BCUT2D eigenvalue weighted by atomic mass is 35.5. The summed E-state index contributed by atoms with van der Waals surface area (Å²) in [6.07, 6.45) is 0. The van der Waals surface area contributed by atoms with Crippen molar-refractivity contribution in [2.45, 2.75) is 6.92 Å². The molecule has 0 bridgehead atoms. The second-order valence-corrected chi connectivity index (χ2v) is 7.91. The molecule has 0 aliphatic rings. The summed E-state index contributed by atoms with van der Waals surface area (Å²) in [6, 6.07) is 7.04. The number of carbonyl (C=O) groups is 3. The molecule has 0 aliphatic heterocycles. The summed E-state index contributed by atoms with van der Waals surface area (Å²) in [7, 11) is 0. The van der Waals surface area contributed by atoms with Crippen LogP contribution in [0.1, 0.15) is 16.1 Å². The minimum absolute atomic E-state index is 0.137. The first kappa shape index (κ1) is 21.0. The minimum atomic E-state index is -0.697. The van der Waals surface area contributed by atoms with E-state index in [1.165, 1.54) is 22.7 Å². The van der Waals surface area contributed by atoms with Crippen molar-refractivity contribution in [3.63, 3.8) is 0 Å². The standard InChI is InChI=1S/C19H16ClN3O4S2/c1-11-13(20)3-2-4-14(11)22-16(24)7-21-17(25)8-27-19(26)15-10-29-18(23-15)12-5-6-28-9-12/h2-6,9-10H,7-8H2,1H3,(H,21,25)(H,22,24). The number of ether oxygens (including phenoxy) is 1. The Morgan fingerprint density at radius 1 is 1.17 bits per heavy atom. The number of aromatic nitrogens is 1. The van der Waals surface area contributed by atoms with Crippen molar-refractivity contribution in [3.8, 4) is 10.6 Å². The van der Waals surface area contributed by atoms with Crippen molar-refractivity contribution in [3.05, 3.63) is 56.7 Å². The molecule has 0 radical (unpaired) electrons. The van der Waals surface area contributed by atoms with Gasteiger partial charge in [-0.2, -0.15) is 11.3 Å². The molecule has 0 aliphatic carbocycles. The normalized spacial score (nSPS) is 10.4. The van der Waals surface area contributed by atoms with Gasteiger partial charge in [-0.1, -0.05) is 17.7 Å². The maximum atomic E-state index is 12.0. The number of thiophene rings is 1. The number of anilines is 1. The first-order chi connectivity index (χ1) is 13.9. The highest BCUT2D eigenvalue weighted by molar-refractivity contribution is 7.14. The first-order valence-corrected chi connectivity index (χ1v) is 10.6. The summed E-state index contributed by atoms with van der Waals surface area (Å²) in [4.78, 5) is 40.1. The molecule has 2 N–H and O–H groups in total. The molecule has 0 fully saturated rings. The smallest absolute Gasteiger partial charge is 0.358 e. The highest BCUT2D eigenvalue weighted by Gasteiger charge is 2.15. The summed E-state index contributed by atoms with van der Waals surface area (Å²) in [5.74, 6) is -1.71.